The van der Waals surface area contributed by atoms with E-state index < -0.39 is 11.7 Å². The first kappa shape index (κ1) is 17.4. The number of rotatable bonds is 6. The minimum atomic E-state index is -0.491. The number of nitrogens with one attached hydrogen (secondary N) is 2. The van der Waals surface area contributed by atoms with Gasteiger partial charge in [0.2, 0.25) is 0 Å². The number of benzene rings is 1. The molecule has 2 rings (SSSR count). The van der Waals surface area contributed by atoms with Crippen LogP contribution in [0.1, 0.15) is 27.2 Å². The van der Waals surface area contributed by atoms with Gasteiger partial charge >= 0.3 is 6.09 Å². The zero-order valence-electron chi connectivity index (χ0n) is 14.1. The molecule has 1 heterocycles. The maximum Gasteiger partial charge on any atom is 0.407 e. The number of carbonyl (C=O) groups is 1. The summed E-state index contributed by atoms with van der Waals surface area (Å²) in [6, 6.07) is 8.15. The first-order valence-corrected chi connectivity index (χ1v) is 7.96. The molecule has 1 atom stereocenters. The SMILES string of the molecule is CC(C)(C)OC(=O)NCCOc1cccc(NC2CCOC2)c1. The van der Waals surface area contributed by atoms with E-state index in [1.165, 1.54) is 0 Å². The highest BCUT2D eigenvalue weighted by Gasteiger charge is 2.16. The van der Waals surface area contributed by atoms with Gasteiger partial charge in [-0.25, -0.2) is 4.79 Å². The first-order valence-electron chi connectivity index (χ1n) is 7.96. The van der Waals surface area contributed by atoms with Gasteiger partial charge in [-0.1, -0.05) is 6.07 Å². The molecule has 1 aromatic rings. The summed E-state index contributed by atoms with van der Waals surface area (Å²) < 4.78 is 16.2. The van der Waals surface area contributed by atoms with E-state index in [4.69, 9.17) is 14.2 Å². The van der Waals surface area contributed by atoms with Crippen LogP contribution in [0.25, 0.3) is 0 Å². The topological polar surface area (TPSA) is 68.8 Å². The van der Waals surface area contributed by atoms with Crippen LogP contribution in [-0.2, 0) is 9.47 Å². The van der Waals surface area contributed by atoms with Crippen LogP contribution in [-0.4, -0.2) is 44.1 Å². The lowest BCUT2D eigenvalue weighted by Crippen LogP contribution is -2.34. The third kappa shape index (κ3) is 6.78. The Bertz CT molecular complexity index is 508. The molecule has 1 fully saturated rings. The van der Waals surface area contributed by atoms with Crippen LogP contribution in [0.4, 0.5) is 10.5 Å². The lowest BCUT2D eigenvalue weighted by atomic mass is 10.2. The van der Waals surface area contributed by atoms with E-state index in [0.29, 0.717) is 19.2 Å². The molecule has 0 aromatic heterocycles. The van der Waals surface area contributed by atoms with Gasteiger partial charge in [-0.2, -0.15) is 0 Å². The van der Waals surface area contributed by atoms with Crippen LogP contribution in [0.2, 0.25) is 0 Å². The predicted molar refractivity (Wildman–Crippen MR) is 89.0 cm³/mol. The molecule has 0 bridgehead atoms. The summed E-state index contributed by atoms with van der Waals surface area (Å²) in [6.45, 7) is 7.82. The number of ether oxygens (including phenoxy) is 3. The fraction of sp³-hybridized carbons (Fsp3) is 0.588. The Hall–Kier alpha value is -1.95. The molecule has 0 spiro atoms. The third-order valence-corrected chi connectivity index (χ3v) is 3.17. The summed E-state index contributed by atoms with van der Waals surface area (Å²) in [7, 11) is 0. The third-order valence-electron chi connectivity index (χ3n) is 3.17. The van der Waals surface area contributed by atoms with Crippen molar-refractivity contribution in [3.8, 4) is 5.75 Å². The number of amides is 1. The highest BCUT2D eigenvalue weighted by atomic mass is 16.6. The molecule has 0 radical (unpaired) electrons. The summed E-state index contributed by atoms with van der Waals surface area (Å²) in [4.78, 5) is 11.5. The Kier molecular flexibility index (Phi) is 6.10. The van der Waals surface area contributed by atoms with Crippen LogP contribution in [0, 0.1) is 0 Å². The lowest BCUT2D eigenvalue weighted by molar-refractivity contribution is 0.0520. The summed E-state index contributed by atoms with van der Waals surface area (Å²) in [5, 5.41) is 6.09. The quantitative estimate of drug-likeness (QED) is 0.788. The van der Waals surface area contributed by atoms with E-state index in [2.05, 4.69) is 10.6 Å². The van der Waals surface area contributed by atoms with Crippen molar-refractivity contribution < 1.29 is 19.0 Å². The van der Waals surface area contributed by atoms with Crippen LogP contribution in [0.5, 0.6) is 5.75 Å². The second-order valence-corrected chi connectivity index (χ2v) is 6.51. The van der Waals surface area contributed by atoms with Crippen molar-refractivity contribution in [3.63, 3.8) is 0 Å². The molecule has 1 aliphatic heterocycles. The Morgan fingerprint density at radius 1 is 1.39 bits per heavy atom. The predicted octanol–water partition coefficient (Wildman–Crippen LogP) is 2.79. The molecule has 1 saturated heterocycles. The Balaban J connectivity index is 1.70. The minimum Gasteiger partial charge on any atom is -0.492 e. The lowest BCUT2D eigenvalue weighted by Gasteiger charge is -2.19. The number of anilines is 1. The van der Waals surface area contributed by atoms with Crippen LogP contribution in [0.15, 0.2) is 24.3 Å². The van der Waals surface area contributed by atoms with Gasteiger partial charge in [0.15, 0.2) is 0 Å². The second kappa shape index (κ2) is 8.06. The fourth-order valence-electron chi connectivity index (χ4n) is 2.20. The molecule has 0 aliphatic carbocycles. The van der Waals surface area contributed by atoms with E-state index in [1.54, 1.807) is 0 Å². The molecule has 1 aliphatic rings. The van der Waals surface area contributed by atoms with Gasteiger partial charge in [0.05, 0.1) is 19.2 Å². The number of alkyl carbamates (subject to hydrolysis) is 1. The number of hydrogen-bond acceptors (Lipinski definition) is 5. The summed E-state index contributed by atoms with van der Waals surface area (Å²) >= 11 is 0. The molecule has 23 heavy (non-hydrogen) atoms. The minimum absolute atomic E-state index is 0.360. The van der Waals surface area contributed by atoms with E-state index in [-0.39, 0.29) is 0 Å². The number of hydrogen-bond donors (Lipinski definition) is 2. The van der Waals surface area contributed by atoms with Crippen molar-refractivity contribution in [2.24, 2.45) is 0 Å². The molecule has 1 unspecified atom stereocenters. The zero-order valence-corrected chi connectivity index (χ0v) is 14.1. The largest absolute Gasteiger partial charge is 0.492 e. The standard InChI is InChI=1S/C17H26N2O4/c1-17(2,3)23-16(20)18-8-10-22-15-6-4-5-13(11-15)19-14-7-9-21-12-14/h4-6,11,14,19H,7-10,12H2,1-3H3,(H,18,20). The normalized spacial score (nSPS) is 17.6. The van der Waals surface area contributed by atoms with Gasteiger partial charge in [0, 0.05) is 18.4 Å². The van der Waals surface area contributed by atoms with Crippen molar-refractivity contribution in [1.29, 1.82) is 0 Å². The molecule has 2 N–H and O–H groups in total. The zero-order chi connectivity index (χ0) is 16.7. The average molecular weight is 322 g/mol. The van der Waals surface area contributed by atoms with Crippen LogP contribution >= 0.6 is 0 Å². The Labute approximate surface area is 137 Å². The second-order valence-electron chi connectivity index (χ2n) is 6.51. The van der Waals surface area contributed by atoms with E-state index in [1.807, 2.05) is 45.0 Å². The highest BCUT2D eigenvalue weighted by Crippen LogP contribution is 2.19. The van der Waals surface area contributed by atoms with Crippen molar-refractivity contribution in [2.45, 2.75) is 38.8 Å². The summed E-state index contributed by atoms with van der Waals surface area (Å²) in [5.74, 6) is 0.764. The number of carbonyl (C=O) groups excluding carboxylic acids is 1. The van der Waals surface area contributed by atoms with E-state index in [9.17, 15) is 4.79 Å². The molecule has 6 nitrogen and oxygen atoms in total. The van der Waals surface area contributed by atoms with Crippen LogP contribution in [0.3, 0.4) is 0 Å². The van der Waals surface area contributed by atoms with Gasteiger partial charge in [0.1, 0.15) is 18.0 Å². The highest BCUT2D eigenvalue weighted by molar-refractivity contribution is 5.67. The summed E-state index contributed by atoms with van der Waals surface area (Å²) in [5.41, 5.74) is 0.521. The molecular formula is C17H26N2O4. The molecular weight excluding hydrogens is 296 g/mol. The maximum absolute atomic E-state index is 11.5. The fourth-order valence-corrected chi connectivity index (χ4v) is 2.20. The maximum atomic E-state index is 11.5. The molecule has 128 valence electrons. The van der Waals surface area contributed by atoms with Gasteiger partial charge in [0.25, 0.3) is 0 Å². The molecule has 1 amide bonds. The molecule has 1 aromatic carbocycles. The molecule has 6 heteroatoms. The summed E-state index contributed by atoms with van der Waals surface area (Å²) in [6.07, 6.45) is 0.586. The van der Waals surface area contributed by atoms with Crippen LogP contribution < -0.4 is 15.4 Å². The van der Waals surface area contributed by atoms with Gasteiger partial charge in [-0.05, 0) is 39.3 Å². The van der Waals surface area contributed by atoms with Crippen molar-refractivity contribution in [3.05, 3.63) is 24.3 Å². The first-order chi connectivity index (χ1) is 10.9. The van der Waals surface area contributed by atoms with Crippen molar-refractivity contribution in [2.75, 3.05) is 31.7 Å². The smallest absolute Gasteiger partial charge is 0.407 e. The molecule has 0 saturated carbocycles. The Morgan fingerprint density at radius 2 is 2.22 bits per heavy atom. The van der Waals surface area contributed by atoms with E-state index >= 15 is 0 Å². The monoisotopic (exact) mass is 322 g/mol. The average Bonchev–Trinajstić information content (AvgIpc) is 2.95. The van der Waals surface area contributed by atoms with Gasteiger partial charge in [-0.15, -0.1) is 0 Å². The Morgan fingerprint density at radius 3 is 2.91 bits per heavy atom. The van der Waals surface area contributed by atoms with Crippen molar-refractivity contribution in [1.82, 2.24) is 5.32 Å². The van der Waals surface area contributed by atoms with Gasteiger partial charge < -0.3 is 24.8 Å². The van der Waals surface area contributed by atoms with Crippen molar-refractivity contribution >= 4 is 11.8 Å². The van der Waals surface area contributed by atoms with Gasteiger partial charge in [-0.3, -0.25) is 0 Å². The van der Waals surface area contributed by atoms with E-state index in [0.717, 1.165) is 31.1 Å².